The number of amides is 1. The van der Waals surface area contributed by atoms with Crippen molar-refractivity contribution in [3.8, 4) is 40.0 Å². The summed E-state index contributed by atoms with van der Waals surface area (Å²) < 4.78 is 15.5. The summed E-state index contributed by atoms with van der Waals surface area (Å²) in [5.74, 6) is 0.240. The second-order valence-corrected chi connectivity index (χ2v) is 14.2. The molecule has 2 aliphatic rings. The maximum absolute atomic E-state index is 12.7. The van der Waals surface area contributed by atoms with Crippen LogP contribution in [0, 0.1) is 0 Å². The summed E-state index contributed by atoms with van der Waals surface area (Å²) in [6.45, 7) is 4.05. The maximum atomic E-state index is 12.7. The van der Waals surface area contributed by atoms with E-state index in [9.17, 15) is 19.8 Å². The lowest BCUT2D eigenvalue weighted by atomic mass is 9.92. The topological polar surface area (TPSA) is 136 Å². The highest BCUT2D eigenvalue weighted by Crippen LogP contribution is 2.47. The Morgan fingerprint density at radius 3 is 2.24 bits per heavy atom. The number of aromatic nitrogens is 1. The molecule has 0 spiro atoms. The zero-order valence-corrected chi connectivity index (χ0v) is 33.3. The van der Waals surface area contributed by atoms with Gasteiger partial charge in [-0.05, 0) is 50.5 Å². The number of hydrogen-bond acceptors (Lipinski definition) is 10. The van der Waals surface area contributed by atoms with Gasteiger partial charge in [0.25, 0.3) is 0 Å². The highest BCUT2D eigenvalue weighted by molar-refractivity contribution is 6.05. The van der Waals surface area contributed by atoms with Crippen LogP contribution in [0.2, 0.25) is 0 Å². The first kappa shape index (κ1) is 40.3. The van der Waals surface area contributed by atoms with E-state index in [0.29, 0.717) is 49.9 Å². The van der Waals surface area contributed by atoms with Crippen molar-refractivity contribution in [2.45, 2.75) is 45.4 Å². The van der Waals surface area contributed by atoms with E-state index in [-0.39, 0.29) is 24.1 Å². The van der Waals surface area contributed by atoms with Crippen LogP contribution >= 0.6 is 0 Å². The monoisotopic (exact) mass is 755 g/mol. The first-order valence-corrected chi connectivity index (χ1v) is 18.7. The van der Waals surface area contributed by atoms with E-state index in [1.54, 1.807) is 7.11 Å². The lowest BCUT2D eigenvalue weighted by Gasteiger charge is -2.30. The zero-order valence-electron chi connectivity index (χ0n) is 33.3. The number of carbonyl (C=O) groups excluding carboxylic acids is 2. The number of hydrogen-bond donors (Lipinski definition) is 3. The Morgan fingerprint density at radius 2 is 1.58 bits per heavy atom. The second kappa shape index (κ2) is 18.0. The zero-order chi connectivity index (χ0) is 39.8. The maximum Gasteiger partial charge on any atom is 0.333 e. The average Bonchev–Trinajstić information content (AvgIpc) is 3.47. The third kappa shape index (κ3) is 9.45. The van der Waals surface area contributed by atoms with Crippen LogP contribution in [0.5, 0.6) is 17.5 Å². The van der Waals surface area contributed by atoms with Gasteiger partial charge in [-0.2, -0.15) is 0 Å². The van der Waals surface area contributed by atoms with Gasteiger partial charge in [0.05, 0.1) is 24.6 Å². The molecule has 2 heterocycles. The molecule has 3 N–H and O–H groups in total. The predicted molar refractivity (Wildman–Crippen MR) is 219 cm³/mol. The van der Waals surface area contributed by atoms with Gasteiger partial charge in [-0.1, -0.05) is 6.42 Å². The molecule has 0 bridgehead atoms. The van der Waals surface area contributed by atoms with Crippen molar-refractivity contribution < 1.29 is 33.8 Å². The number of aromatic hydroxyl groups is 2. The average molecular weight is 756 g/mol. The molecular weight excluding hydrogens is 700 g/mol. The van der Waals surface area contributed by atoms with Crippen molar-refractivity contribution >= 4 is 39.9 Å². The van der Waals surface area contributed by atoms with Gasteiger partial charge in [0.2, 0.25) is 23.0 Å². The Morgan fingerprint density at radius 1 is 0.836 bits per heavy atom. The lowest BCUT2D eigenvalue weighted by molar-refractivity contribution is -0.145. The normalized spacial score (nSPS) is 11.1. The van der Waals surface area contributed by atoms with E-state index in [2.05, 4.69) is 80.0 Å². The molecule has 0 saturated carbocycles. The van der Waals surface area contributed by atoms with E-state index in [0.717, 1.165) is 68.1 Å². The van der Waals surface area contributed by atoms with Crippen LogP contribution in [0.4, 0.5) is 17.1 Å². The van der Waals surface area contributed by atoms with Gasteiger partial charge in [-0.15, -0.1) is 4.73 Å². The Balaban J connectivity index is 1.28. The van der Waals surface area contributed by atoms with Crippen LogP contribution in [-0.2, 0) is 9.59 Å². The summed E-state index contributed by atoms with van der Waals surface area (Å²) in [5.41, 5.74) is 6.87. The van der Waals surface area contributed by atoms with Gasteiger partial charge >= 0.3 is 5.97 Å². The first-order chi connectivity index (χ1) is 26.3. The third-order valence-electron chi connectivity index (χ3n) is 9.69. The van der Waals surface area contributed by atoms with Crippen molar-refractivity contribution in [2.24, 2.45) is 0 Å². The van der Waals surface area contributed by atoms with Crippen molar-refractivity contribution in [3.05, 3.63) is 66.0 Å². The van der Waals surface area contributed by atoms with E-state index in [1.165, 1.54) is 12.1 Å². The molecule has 0 saturated heterocycles. The molecule has 294 valence electrons. The van der Waals surface area contributed by atoms with Gasteiger partial charge in [0.1, 0.15) is 31.2 Å². The number of unbranched alkanes of at least 4 members (excludes halogenated alkanes) is 2. The molecule has 5 rings (SSSR count). The lowest BCUT2D eigenvalue weighted by Crippen LogP contribution is -2.29. The smallest absolute Gasteiger partial charge is 0.333 e. The van der Waals surface area contributed by atoms with E-state index in [1.807, 2.05) is 42.3 Å². The number of benzene rings is 3. The van der Waals surface area contributed by atoms with Gasteiger partial charge in [0.15, 0.2) is 0 Å². The molecule has 3 aromatic rings. The molecule has 0 atom stereocenters. The summed E-state index contributed by atoms with van der Waals surface area (Å²) in [4.78, 5) is 36.2. The van der Waals surface area contributed by atoms with Gasteiger partial charge < -0.3 is 44.2 Å². The molecule has 55 heavy (non-hydrogen) atoms. The quantitative estimate of drug-likeness (QED) is 0.0632. The fourth-order valence-corrected chi connectivity index (χ4v) is 6.66. The largest absolute Gasteiger partial charge is 0.496 e. The van der Waals surface area contributed by atoms with Gasteiger partial charge in [0, 0.05) is 119 Å². The highest BCUT2D eigenvalue weighted by atomic mass is 16.7. The second-order valence-electron chi connectivity index (χ2n) is 14.2. The molecule has 1 amide bonds. The Bertz CT molecular complexity index is 2150. The number of methoxy groups -OCH3 is 1. The fraction of sp³-hybridized carbons (Fsp3) is 0.405. The SMILES string of the molecule is CCN(CCCC(=O)NCCCCCC(=O)On1c(O)ccc1O)c1cc(OC)c(-c2c3ccc(=[N+](C)C)cc-3oc3cc(N(C)C)ccc23)cc1N(C)C. The predicted octanol–water partition coefficient (Wildman–Crippen LogP) is 5.53. The fourth-order valence-electron chi connectivity index (χ4n) is 6.66. The highest BCUT2D eigenvalue weighted by Gasteiger charge is 2.24. The molecule has 13 nitrogen and oxygen atoms in total. The molecule has 1 aromatic heterocycles. The van der Waals surface area contributed by atoms with Crippen molar-refractivity contribution in [1.29, 1.82) is 0 Å². The number of carbonyl (C=O) groups is 2. The minimum atomic E-state index is -0.563. The van der Waals surface area contributed by atoms with Gasteiger partial charge in [-0.25, -0.2) is 9.37 Å². The summed E-state index contributed by atoms with van der Waals surface area (Å²) in [6, 6.07) is 19.4. The molecule has 2 aromatic carbocycles. The van der Waals surface area contributed by atoms with Crippen LogP contribution < -0.4 is 39.5 Å². The molecule has 0 unspecified atom stereocenters. The van der Waals surface area contributed by atoms with Crippen LogP contribution in [0.1, 0.15) is 45.4 Å². The third-order valence-corrected chi connectivity index (χ3v) is 9.69. The number of anilines is 3. The van der Waals surface area contributed by atoms with Crippen LogP contribution in [0.15, 0.2) is 65.1 Å². The first-order valence-electron chi connectivity index (χ1n) is 18.7. The van der Waals surface area contributed by atoms with Crippen molar-refractivity contribution in [2.75, 3.05) is 83.7 Å². The minimum absolute atomic E-state index is 0.0159. The molecule has 0 fully saturated rings. The Kier molecular flexibility index (Phi) is 13.2. The minimum Gasteiger partial charge on any atom is -0.496 e. The summed E-state index contributed by atoms with van der Waals surface area (Å²) in [5, 5.41) is 24.2. The Labute approximate surface area is 322 Å². The van der Waals surface area contributed by atoms with Crippen LogP contribution in [-0.4, -0.2) is 95.9 Å². The molecular formula is C42H55N6O7+. The molecule has 1 aliphatic carbocycles. The summed E-state index contributed by atoms with van der Waals surface area (Å²) >= 11 is 0. The number of nitrogens with one attached hydrogen (secondary N) is 1. The number of nitrogens with zero attached hydrogens (tertiary/aromatic N) is 5. The van der Waals surface area contributed by atoms with Crippen LogP contribution in [0.3, 0.4) is 0 Å². The molecule has 1 aliphatic heterocycles. The van der Waals surface area contributed by atoms with E-state index >= 15 is 0 Å². The van der Waals surface area contributed by atoms with Crippen molar-refractivity contribution in [3.63, 3.8) is 0 Å². The standard InChI is InChI=1S/C42H54N6O7/c1-9-47(23-13-14-38(49)43-22-12-10-11-15-41(52)55-48-39(50)20-21-40(48)51)34-27-35(53-8)32(26-33(34)46(6)7)42-30-18-16-28(44(2)3)24-36(30)54-37-25-29(45(4)5)17-19-31(37)42/h16-21,24-27H,9-15,22-23H2,1-8H3,(H2-,43,49,50,51)/p+1. The van der Waals surface area contributed by atoms with Crippen molar-refractivity contribution in [1.82, 2.24) is 14.6 Å². The number of ether oxygens (including phenoxy) is 1. The number of rotatable bonds is 17. The van der Waals surface area contributed by atoms with E-state index in [4.69, 9.17) is 14.0 Å². The number of fused-ring (bicyclic) bond motifs is 2. The molecule has 13 heteroatoms. The van der Waals surface area contributed by atoms with E-state index < -0.39 is 5.97 Å². The summed E-state index contributed by atoms with van der Waals surface area (Å²) in [7, 11) is 13.9. The summed E-state index contributed by atoms with van der Waals surface area (Å²) in [6.07, 6.45) is 3.16. The Hall–Kier alpha value is -5.85. The van der Waals surface area contributed by atoms with Gasteiger partial charge in [-0.3, -0.25) is 4.79 Å². The molecule has 0 radical (unpaired) electrons. The van der Waals surface area contributed by atoms with Crippen LogP contribution in [0.25, 0.3) is 33.4 Å².